The maximum Gasteiger partial charge on any atom is 0.232 e. The van der Waals surface area contributed by atoms with E-state index in [1.807, 2.05) is 10.6 Å². The van der Waals surface area contributed by atoms with Gasteiger partial charge in [0, 0.05) is 30.1 Å². The first-order chi connectivity index (χ1) is 13.6. The zero-order chi connectivity index (χ0) is 19.5. The van der Waals surface area contributed by atoms with E-state index in [1.165, 1.54) is 12.1 Å². The number of thiazole rings is 1. The molecule has 0 radical (unpaired) electrons. The van der Waals surface area contributed by atoms with Gasteiger partial charge in [-0.1, -0.05) is 31.7 Å². The van der Waals surface area contributed by atoms with Crippen LogP contribution in [0.3, 0.4) is 0 Å². The van der Waals surface area contributed by atoms with Crippen molar-refractivity contribution >= 4 is 29.0 Å². The van der Waals surface area contributed by atoms with Gasteiger partial charge in [0.15, 0.2) is 5.16 Å². The standard InChI is InChI=1S/C19H22FN5OS2/c1-13(2)17-21-15(11-27-17)12-28-19-23-22-18(24-6-8-26-9-7-24)25(19)16-5-3-4-14(20)10-16/h3-5,10-11,13H,6-9,12H2,1-2H3. The molecule has 1 aliphatic heterocycles. The van der Waals surface area contributed by atoms with Gasteiger partial charge >= 0.3 is 0 Å². The number of benzene rings is 1. The molecule has 2 aromatic heterocycles. The van der Waals surface area contributed by atoms with Crippen molar-refractivity contribution < 1.29 is 9.13 Å². The summed E-state index contributed by atoms with van der Waals surface area (Å²) in [6.45, 7) is 7.06. The van der Waals surface area contributed by atoms with E-state index in [1.54, 1.807) is 29.2 Å². The number of thioether (sulfide) groups is 1. The van der Waals surface area contributed by atoms with E-state index in [9.17, 15) is 4.39 Å². The van der Waals surface area contributed by atoms with Crippen LogP contribution in [0.4, 0.5) is 10.3 Å². The van der Waals surface area contributed by atoms with Gasteiger partial charge in [-0.2, -0.15) is 0 Å². The highest BCUT2D eigenvalue weighted by Crippen LogP contribution is 2.30. The lowest BCUT2D eigenvalue weighted by Crippen LogP contribution is -2.37. The van der Waals surface area contributed by atoms with E-state index in [-0.39, 0.29) is 5.82 Å². The summed E-state index contributed by atoms with van der Waals surface area (Å²) in [6, 6.07) is 6.53. The highest BCUT2D eigenvalue weighted by atomic mass is 32.2. The van der Waals surface area contributed by atoms with Crippen LogP contribution in [0.1, 0.15) is 30.5 Å². The van der Waals surface area contributed by atoms with Crippen LogP contribution in [-0.4, -0.2) is 46.1 Å². The van der Waals surface area contributed by atoms with E-state index in [0.29, 0.717) is 24.9 Å². The van der Waals surface area contributed by atoms with Crippen molar-refractivity contribution in [2.75, 3.05) is 31.2 Å². The van der Waals surface area contributed by atoms with Gasteiger partial charge in [0.2, 0.25) is 5.95 Å². The molecule has 1 fully saturated rings. The van der Waals surface area contributed by atoms with Crippen molar-refractivity contribution in [2.24, 2.45) is 0 Å². The van der Waals surface area contributed by atoms with Crippen LogP contribution in [0.15, 0.2) is 34.8 Å². The van der Waals surface area contributed by atoms with Crippen molar-refractivity contribution in [3.63, 3.8) is 0 Å². The lowest BCUT2D eigenvalue weighted by atomic mass is 10.2. The zero-order valence-corrected chi connectivity index (χ0v) is 17.5. The van der Waals surface area contributed by atoms with Crippen molar-refractivity contribution in [1.82, 2.24) is 19.7 Å². The first-order valence-corrected chi connectivity index (χ1v) is 11.1. The van der Waals surface area contributed by atoms with Gasteiger partial charge < -0.3 is 9.64 Å². The van der Waals surface area contributed by atoms with Gasteiger partial charge in [0.05, 0.1) is 29.6 Å². The molecule has 3 aromatic rings. The SMILES string of the molecule is CC(C)c1nc(CSc2nnc(N3CCOCC3)n2-c2cccc(F)c2)cs1. The molecule has 3 heterocycles. The summed E-state index contributed by atoms with van der Waals surface area (Å²) in [7, 11) is 0. The first kappa shape index (κ1) is 19.4. The van der Waals surface area contributed by atoms with Crippen LogP contribution >= 0.6 is 23.1 Å². The number of hydrogen-bond donors (Lipinski definition) is 0. The summed E-state index contributed by atoms with van der Waals surface area (Å²) >= 11 is 3.25. The molecular weight excluding hydrogens is 397 g/mol. The Hall–Kier alpha value is -1.97. The van der Waals surface area contributed by atoms with E-state index in [2.05, 4.69) is 34.3 Å². The van der Waals surface area contributed by atoms with Gasteiger partial charge in [-0.15, -0.1) is 21.5 Å². The molecule has 0 spiro atoms. The number of morpholine rings is 1. The molecule has 148 valence electrons. The molecule has 1 saturated heterocycles. The van der Waals surface area contributed by atoms with Crippen LogP contribution in [0, 0.1) is 5.82 Å². The van der Waals surface area contributed by atoms with Crippen molar-refractivity contribution in [3.05, 3.63) is 46.2 Å². The average molecular weight is 420 g/mol. The van der Waals surface area contributed by atoms with Gasteiger partial charge in [-0.3, -0.25) is 4.57 Å². The van der Waals surface area contributed by atoms with Gasteiger partial charge in [0.25, 0.3) is 0 Å². The summed E-state index contributed by atoms with van der Waals surface area (Å²) < 4.78 is 21.3. The molecule has 1 aliphatic rings. The second-order valence-corrected chi connectivity index (χ2v) is 8.65. The quantitative estimate of drug-likeness (QED) is 0.561. The van der Waals surface area contributed by atoms with Crippen LogP contribution in [0.2, 0.25) is 0 Å². The number of rotatable bonds is 6. The Labute approximate surface area is 171 Å². The fourth-order valence-electron chi connectivity index (χ4n) is 2.96. The fourth-order valence-corrected chi connectivity index (χ4v) is 4.74. The number of aromatic nitrogens is 4. The van der Waals surface area contributed by atoms with Crippen LogP contribution in [0.25, 0.3) is 5.69 Å². The molecule has 1 aromatic carbocycles. The summed E-state index contributed by atoms with van der Waals surface area (Å²) in [5.74, 6) is 1.56. The fraction of sp³-hybridized carbons (Fsp3) is 0.421. The third-order valence-corrected chi connectivity index (χ3v) is 6.55. The number of halogens is 1. The second-order valence-electron chi connectivity index (χ2n) is 6.82. The molecule has 9 heteroatoms. The third-order valence-electron chi connectivity index (χ3n) is 4.39. The van der Waals surface area contributed by atoms with Gasteiger partial charge in [-0.05, 0) is 18.2 Å². The number of nitrogens with zero attached hydrogens (tertiary/aromatic N) is 5. The van der Waals surface area contributed by atoms with E-state index < -0.39 is 0 Å². The van der Waals surface area contributed by atoms with Gasteiger partial charge in [-0.25, -0.2) is 9.37 Å². The Kier molecular flexibility index (Phi) is 5.93. The Morgan fingerprint density at radius 1 is 1.25 bits per heavy atom. The molecule has 4 rings (SSSR count). The highest BCUT2D eigenvalue weighted by molar-refractivity contribution is 7.98. The van der Waals surface area contributed by atoms with Gasteiger partial charge in [0.1, 0.15) is 5.82 Å². The normalized spacial score (nSPS) is 14.8. The molecule has 6 nitrogen and oxygen atoms in total. The molecule has 0 unspecified atom stereocenters. The van der Waals surface area contributed by atoms with E-state index >= 15 is 0 Å². The lowest BCUT2D eigenvalue weighted by molar-refractivity contribution is 0.122. The number of anilines is 1. The summed E-state index contributed by atoms with van der Waals surface area (Å²) in [4.78, 5) is 6.82. The summed E-state index contributed by atoms with van der Waals surface area (Å²) in [5.41, 5.74) is 1.75. The Morgan fingerprint density at radius 2 is 2.07 bits per heavy atom. The van der Waals surface area contributed by atoms with Crippen LogP contribution < -0.4 is 4.90 Å². The molecule has 0 aliphatic carbocycles. The monoisotopic (exact) mass is 419 g/mol. The molecule has 0 bridgehead atoms. The maximum absolute atomic E-state index is 13.9. The summed E-state index contributed by atoms with van der Waals surface area (Å²) in [6.07, 6.45) is 0. The van der Waals surface area contributed by atoms with Crippen molar-refractivity contribution in [3.8, 4) is 5.69 Å². The molecular formula is C19H22FN5OS2. The highest BCUT2D eigenvalue weighted by Gasteiger charge is 2.22. The maximum atomic E-state index is 13.9. The molecule has 0 atom stereocenters. The minimum atomic E-state index is -0.281. The van der Waals surface area contributed by atoms with E-state index in [0.717, 1.165) is 40.6 Å². The minimum Gasteiger partial charge on any atom is -0.378 e. The second kappa shape index (κ2) is 8.59. The number of ether oxygens (including phenoxy) is 1. The Morgan fingerprint density at radius 3 is 2.79 bits per heavy atom. The third kappa shape index (κ3) is 4.21. The molecule has 0 saturated carbocycles. The zero-order valence-electron chi connectivity index (χ0n) is 15.8. The van der Waals surface area contributed by atoms with Crippen LogP contribution in [0.5, 0.6) is 0 Å². The average Bonchev–Trinajstić information content (AvgIpc) is 3.34. The predicted octanol–water partition coefficient (Wildman–Crippen LogP) is 4.12. The molecule has 0 amide bonds. The molecule has 28 heavy (non-hydrogen) atoms. The first-order valence-electron chi connectivity index (χ1n) is 9.23. The predicted molar refractivity (Wildman–Crippen MR) is 110 cm³/mol. The summed E-state index contributed by atoms with van der Waals surface area (Å²) in [5, 5.41) is 12.8. The Bertz CT molecular complexity index is 936. The smallest absolute Gasteiger partial charge is 0.232 e. The van der Waals surface area contributed by atoms with Crippen LogP contribution in [-0.2, 0) is 10.5 Å². The molecule has 0 N–H and O–H groups in total. The van der Waals surface area contributed by atoms with Crippen molar-refractivity contribution in [2.45, 2.75) is 30.7 Å². The topological polar surface area (TPSA) is 56.1 Å². The van der Waals surface area contributed by atoms with E-state index in [4.69, 9.17) is 9.72 Å². The number of hydrogen-bond acceptors (Lipinski definition) is 7. The van der Waals surface area contributed by atoms with Crippen molar-refractivity contribution in [1.29, 1.82) is 0 Å². The lowest BCUT2D eigenvalue weighted by Gasteiger charge is -2.27. The minimum absolute atomic E-state index is 0.281. The Balaban J connectivity index is 1.63. The largest absolute Gasteiger partial charge is 0.378 e.